The van der Waals surface area contributed by atoms with Crippen molar-refractivity contribution in [3.05, 3.63) is 0 Å². The molecule has 5 heteroatoms. The van der Waals surface area contributed by atoms with Crippen molar-refractivity contribution < 1.29 is 23.9 Å². The van der Waals surface area contributed by atoms with Gasteiger partial charge < -0.3 is 9.47 Å². The molecule has 4 rings (SSSR count). The van der Waals surface area contributed by atoms with E-state index in [1.54, 1.807) is 0 Å². The summed E-state index contributed by atoms with van der Waals surface area (Å²) in [6.45, 7) is 19.7. The zero-order valence-electron chi connectivity index (χ0n) is 26.4. The number of ether oxygens (including phenoxy) is 2. The molecule has 0 unspecified atom stereocenters. The van der Waals surface area contributed by atoms with Gasteiger partial charge in [-0.3, -0.25) is 14.4 Å². The zero-order chi connectivity index (χ0) is 29.0. The lowest BCUT2D eigenvalue weighted by Crippen LogP contribution is -2.65. The molecule has 0 aromatic rings. The summed E-state index contributed by atoms with van der Waals surface area (Å²) in [5, 5.41) is 0. The second-order valence-corrected chi connectivity index (χ2v) is 15.6. The Morgan fingerprint density at radius 3 is 2.23 bits per heavy atom. The van der Waals surface area contributed by atoms with Gasteiger partial charge in [-0.2, -0.15) is 0 Å². The first-order chi connectivity index (χ1) is 18.1. The minimum Gasteiger partial charge on any atom is -0.465 e. The van der Waals surface area contributed by atoms with Gasteiger partial charge in [-0.1, -0.05) is 67.7 Å². The molecule has 0 amide bonds. The molecule has 4 fully saturated rings. The van der Waals surface area contributed by atoms with Gasteiger partial charge in [0.05, 0.1) is 6.61 Å². The van der Waals surface area contributed by atoms with Crippen LogP contribution in [0, 0.1) is 57.2 Å². The van der Waals surface area contributed by atoms with Crippen molar-refractivity contribution in [3.8, 4) is 0 Å². The fourth-order valence-corrected chi connectivity index (χ4v) is 10.9. The molecule has 5 nitrogen and oxygen atoms in total. The smallest absolute Gasteiger partial charge is 0.302 e. The second kappa shape index (κ2) is 10.8. The van der Waals surface area contributed by atoms with Gasteiger partial charge in [0, 0.05) is 37.0 Å². The Bertz CT molecular complexity index is 953. The molecular formula is C34H56O5. The third-order valence-corrected chi connectivity index (χ3v) is 12.8. The molecule has 9 atom stereocenters. The second-order valence-electron chi connectivity index (χ2n) is 15.6. The zero-order valence-corrected chi connectivity index (χ0v) is 26.4. The Kier molecular flexibility index (Phi) is 8.45. The molecule has 39 heavy (non-hydrogen) atoms. The van der Waals surface area contributed by atoms with E-state index < -0.39 is 0 Å². The maximum atomic E-state index is 14.5. The fourth-order valence-electron chi connectivity index (χ4n) is 10.9. The van der Waals surface area contributed by atoms with Crippen molar-refractivity contribution in [2.24, 2.45) is 57.2 Å². The molecule has 0 N–H and O–H groups in total. The van der Waals surface area contributed by atoms with Crippen LogP contribution in [0.2, 0.25) is 0 Å². The van der Waals surface area contributed by atoms with Crippen LogP contribution >= 0.6 is 0 Å². The van der Waals surface area contributed by atoms with Crippen molar-refractivity contribution >= 4 is 17.7 Å². The van der Waals surface area contributed by atoms with Crippen molar-refractivity contribution in [2.75, 3.05) is 6.61 Å². The lowest BCUT2D eigenvalue weighted by Gasteiger charge is -2.67. The summed E-state index contributed by atoms with van der Waals surface area (Å²) in [6.07, 6.45) is 10.1. The number of ketones is 1. The summed E-state index contributed by atoms with van der Waals surface area (Å²) >= 11 is 0. The fraction of sp³-hybridized carbons (Fsp3) is 0.912. The Morgan fingerprint density at radius 1 is 0.923 bits per heavy atom. The molecule has 4 aliphatic rings. The van der Waals surface area contributed by atoms with Crippen LogP contribution in [-0.2, 0) is 23.9 Å². The van der Waals surface area contributed by atoms with Crippen LogP contribution in [0.1, 0.15) is 127 Å². The first-order valence-electron chi connectivity index (χ1n) is 15.9. The summed E-state index contributed by atoms with van der Waals surface area (Å²) in [6, 6.07) is 0. The lowest BCUT2D eigenvalue weighted by molar-refractivity contribution is -0.215. The standard InChI is InChI=1S/C34H56O5/c1-21(2)11-10-12-22(3)25-15-18-33(9)26-13-14-28-31(6,7)29(39-24(5)36)16-17-32(28,8)30(26)27(37)19-34(25,33)20-38-23(4)35/h21-22,25-26,28-30H,10-20H2,1-9H3/t22-,25-,26-,28+,29+,30-,32+,33+,34+/m1/s1. The van der Waals surface area contributed by atoms with Crippen molar-refractivity contribution in [2.45, 2.75) is 133 Å². The Balaban J connectivity index is 1.68. The van der Waals surface area contributed by atoms with Gasteiger partial charge in [-0.05, 0) is 78.9 Å². The molecule has 0 radical (unpaired) electrons. The van der Waals surface area contributed by atoms with E-state index in [0.29, 0.717) is 48.4 Å². The number of rotatable bonds is 8. The van der Waals surface area contributed by atoms with Crippen molar-refractivity contribution in [1.82, 2.24) is 0 Å². The summed E-state index contributed by atoms with van der Waals surface area (Å²) in [5.74, 6) is 2.25. The Labute approximate surface area is 237 Å². The monoisotopic (exact) mass is 544 g/mol. The van der Waals surface area contributed by atoms with Crippen LogP contribution in [0.5, 0.6) is 0 Å². The van der Waals surface area contributed by atoms with E-state index in [1.807, 2.05) is 0 Å². The third-order valence-electron chi connectivity index (χ3n) is 12.8. The largest absolute Gasteiger partial charge is 0.465 e. The summed E-state index contributed by atoms with van der Waals surface area (Å²) < 4.78 is 11.7. The average molecular weight is 545 g/mol. The highest BCUT2D eigenvalue weighted by molar-refractivity contribution is 5.85. The molecule has 4 saturated carbocycles. The van der Waals surface area contributed by atoms with E-state index in [1.165, 1.54) is 33.1 Å². The van der Waals surface area contributed by atoms with Crippen LogP contribution in [0.3, 0.4) is 0 Å². The van der Waals surface area contributed by atoms with Gasteiger partial charge in [0.25, 0.3) is 0 Å². The summed E-state index contributed by atoms with van der Waals surface area (Å²) in [4.78, 5) is 38.6. The lowest BCUT2D eigenvalue weighted by atomic mass is 9.37. The maximum Gasteiger partial charge on any atom is 0.302 e. The predicted octanol–water partition coefficient (Wildman–Crippen LogP) is 7.79. The van der Waals surface area contributed by atoms with E-state index in [4.69, 9.17) is 9.47 Å². The number of carbonyl (C=O) groups excluding carboxylic acids is 3. The highest BCUT2D eigenvalue weighted by Crippen LogP contribution is 2.74. The highest BCUT2D eigenvalue weighted by atomic mass is 16.5. The number of Topliss-reactive ketones (excluding diaryl/α,β-unsaturated/α-hetero) is 1. The Hall–Kier alpha value is -1.39. The number of esters is 2. The highest BCUT2D eigenvalue weighted by Gasteiger charge is 2.71. The van der Waals surface area contributed by atoms with Gasteiger partial charge >= 0.3 is 11.9 Å². The normalized spacial score (nSPS) is 41.8. The maximum absolute atomic E-state index is 14.5. The van der Waals surface area contributed by atoms with Gasteiger partial charge in [0.2, 0.25) is 0 Å². The van der Waals surface area contributed by atoms with Crippen molar-refractivity contribution in [3.63, 3.8) is 0 Å². The quantitative estimate of drug-likeness (QED) is 0.292. The minimum atomic E-state index is -0.276. The molecule has 4 aliphatic carbocycles. The number of carbonyl (C=O) groups is 3. The summed E-state index contributed by atoms with van der Waals surface area (Å²) in [7, 11) is 0. The molecular weight excluding hydrogens is 488 g/mol. The molecule has 0 heterocycles. The number of fused-ring (bicyclic) bond motifs is 5. The van der Waals surface area contributed by atoms with Gasteiger partial charge in [-0.25, -0.2) is 0 Å². The molecule has 0 saturated heterocycles. The molecule has 0 aromatic carbocycles. The van der Waals surface area contributed by atoms with Crippen LogP contribution in [0.15, 0.2) is 0 Å². The minimum absolute atomic E-state index is 0.0249. The van der Waals surface area contributed by atoms with E-state index in [0.717, 1.165) is 38.5 Å². The number of hydrogen-bond donors (Lipinski definition) is 0. The van der Waals surface area contributed by atoms with Gasteiger partial charge in [0.1, 0.15) is 11.9 Å². The van der Waals surface area contributed by atoms with Gasteiger partial charge in [-0.15, -0.1) is 0 Å². The van der Waals surface area contributed by atoms with E-state index in [9.17, 15) is 14.4 Å². The van der Waals surface area contributed by atoms with E-state index in [2.05, 4.69) is 48.5 Å². The molecule has 0 bridgehead atoms. The van der Waals surface area contributed by atoms with Crippen LogP contribution < -0.4 is 0 Å². The average Bonchev–Trinajstić information content (AvgIpc) is 3.12. The summed E-state index contributed by atoms with van der Waals surface area (Å²) in [5.41, 5.74) is -0.567. The first kappa shape index (κ1) is 30.6. The van der Waals surface area contributed by atoms with E-state index in [-0.39, 0.29) is 45.6 Å². The van der Waals surface area contributed by atoms with Crippen molar-refractivity contribution in [1.29, 1.82) is 0 Å². The predicted molar refractivity (Wildman–Crippen MR) is 154 cm³/mol. The Morgan fingerprint density at radius 2 is 1.62 bits per heavy atom. The van der Waals surface area contributed by atoms with Crippen LogP contribution in [0.4, 0.5) is 0 Å². The van der Waals surface area contributed by atoms with Crippen LogP contribution in [-0.4, -0.2) is 30.4 Å². The molecule has 0 aromatic heterocycles. The first-order valence-corrected chi connectivity index (χ1v) is 15.9. The number of hydrogen-bond acceptors (Lipinski definition) is 5. The third kappa shape index (κ3) is 5.00. The van der Waals surface area contributed by atoms with E-state index >= 15 is 0 Å². The van der Waals surface area contributed by atoms with Crippen LogP contribution in [0.25, 0.3) is 0 Å². The molecule has 0 aliphatic heterocycles. The van der Waals surface area contributed by atoms with Gasteiger partial charge in [0.15, 0.2) is 0 Å². The molecule has 222 valence electrons. The SMILES string of the molecule is CC(=O)OC[C@]12CC(=O)[C@H]3[C@@H](CC[C@H]4C(C)(C)[C@@H](OC(C)=O)CC[C@]34C)[C@]1(C)CC[C@@H]2[C@H](C)CCCC(C)C. The topological polar surface area (TPSA) is 69.7 Å². The molecule has 0 spiro atoms.